The molecule has 0 spiro atoms. The number of pyridine rings is 1. The zero-order chi connectivity index (χ0) is 49.5. The summed E-state index contributed by atoms with van der Waals surface area (Å²) in [6.45, 7) is 15.2. The molecular formula is C50H65N7O10S. The predicted molar refractivity (Wildman–Crippen MR) is 257 cm³/mol. The number of hydrogen-bond donors (Lipinski definition) is 4. The Labute approximate surface area is 398 Å². The summed E-state index contributed by atoms with van der Waals surface area (Å²) in [5, 5.41) is 28.7. The molecule has 366 valence electrons. The lowest BCUT2D eigenvalue weighted by molar-refractivity contribution is -0.156. The topological polar surface area (TPSA) is 213 Å². The number of rotatable bonds is 11. The molecule has 18 heteroatoms. The van der Waals surface area contributed by atoms with Gasteiger partial charge in [0.15, 0.2) is 5.60 Å². The van der Waals surface area contributed by atoms with Crippen LogP contribution in [-0.4, -0.2) is 130 Å². The predicted octanol–water partition coefficient (Wildman–Crippen LogP) is 4.84. The highest BCUT2D eigenvalue weighted by Gasteiger charge is 2.49. The number of esters is 1. The molecule has 2 fully saturated rings. The third-order valence-electron chi connectivity index (χ3n) is 13.5. The Balaban J connectivity index is 1.31. The number of carbonyl (C=O) groups excluding carboxylic acids is 4. The molecule has 3 amide bonds. The number of aryl methyl sites for hydroxylation is 1. The number of nitrogens with one attached hydrogen (secondary N) is 2. The Morgan fingerprint density at radius 2 is 1.87 bits per heavy atom. The van der Waals surface area contributed by atoms with Crippen molar-refractivity contribution in [2.24, 2.45) is 11.3 Å². The minimum absolute atomic E-state index is 0.0622. The monoisotopic (exact) mass is 955 g/mol. The van der Waals surface area contributed by atoms with Crippen LogP contribution in [0.5, 0.6) is 5.75 Å². The lowest BCUT2D eigenvalue weighted by Crippen LogP contribution is -2.63. The first kappa shape index (κ1) is 50.2. The highest BCUT2D eigenvalue weighted by molar-refractivity contribution is 7.92. The molecule has 3 aliphatic heterocycles. The second-order valence-corrected chi connectivity index (χ2v) is 21.3. The van der Waals surface area contributed by atoms with Crippen molar-refractivity contribution in [2.75, 3.05) is 40.4 Å². The van der Waals surface area contributed by atoms with Crippen molar-refractivity contribution < 1.29 is 47.3 Å². The van der Waals surface area contributed by atoms with Gasteiger partial charge in [0.1, 0.15) is 23.9 Å². The first-order valence-electron chi connectivity index (χ1n) is 23.2. The Kier molecular flexibility index (Phi) is 14.6. The van der Waals surface area contributed by atoms with Gasteiger partial charge in [-0.1, -0.05) is 46.4 Å². The van der Waals surface area contributed by atoms with Gasteiger partial charge in [-0.15, -0.1) is 0 Å². The molecule has 6 bridgehead atoms. The highest BCUT2D eigenvalue weighted by Crippen LogP contribution is 2.42. The molecule has 0 unspecified atom stereocenters. The quantitative estimate of drug-likeness (QED) is 0.149. The van der Waals surface area contributed by atoms with E-state index in [4.69, 9.17) is 14.5 Å². The molecule has 2 aromatic heterocycles. The van der Waals surface area contributed by atoms with Crippen LogP contribution in [0.3, 0.4) is 0 Å². The Hall–Kier alpha value is -5.66. The number of amides is 3. The van der Waals surface area contributed by atoms with E-state index in [1.807, 2.05) is 39.0 Å². The van der Waals surface area contributed by atoms with Crippen molar-refractivity contribution in [1.29, 1.82) is 0 Å². The number of sulfonamides is 1. The first-order chi connectivity index (χ1) is 32.1. The molecule has 0 radical (unpaired) electrons. The maximum Gasteiger partial charge on any atom is 0.324 e. The molecule has 2 aromatic carbocycles. The summed E-state index contributed by atoms with van der Waals surface area (Å²) in [7, 11) is -0.912. The summed E-state index contributed by atoms with van der Waals surface area (Å²) in [4.78, 5) is 63.1. The Morgan fingerprint density at radius 1 is 1.12 bits per heavy atom. The van der Waals surface area contributed by atoms with E-state index in [0.29, 0.717) is 36.9 Å². The Bertz CT molecular complexity index is 2720. The van der Waals surface area contributed by atoms with E-state index >= 15 is 0 Å². The van der Waals surface area contributed by atoms with Gasteiger partial charge >= 0.3 is 5.97 Å². The van der Waals surface area contributed by atoms with Crippen LogP contribution in [0.2, 0.25) is 0 Å². The highest BCUT2D eigenvalue weighted by atomic mass is 32.2. The van der Waals surface area contributed by atoms with Crippen molar-refractivity contribution in [2.45, 2.75) is 110 Å². The maximum absolute atomic E-state index is 14.7. The van der Waals surface area contributed by atoms with E-state index in [2.05, 4.69) is 47.0 Å². The van der Waals surface area contributed by atoms with Gasteiger partial charge in [-0.25, -0.2) is 13.8 Å². The number of carbonyl (C=O) groups is 4. The number of aromatic hydroxyl groups is 1. The fourth-order valence-corrected chi connectivity index (χ4v) is 10.9. The number of likely N-dealkylation sites (N-methyl/N-ethyl adjacent to an activating group) is 1. The Morgan fingerprint density at radius 3 is 2.56 bits per heavy atom. The lowest BCUT2D eigenvalue weighted by atomic mass is 9.84. The van der Waals surface area contributed by atoms with Crippen LogP contribution >= 0.6 is 0 Å². The number of ether oxygens (including phenoxy) is 2. The van der Waals surface area contributed by atoms with Crippen LogP contribution in [-0.2, 0) is 58.1 Å². The lowest BCUT2D eigenvalue weighted by Gasteiger charge is -2.37. The second kappa shape index (κ2) is 19.7. The number of cyclic esters (lactones) is 1. The van der Waals surface area contributed by atoms with Crippen LogP contribution in [0.4, 0.5) is 0 Å². The van der Waals surface area contributed by atoms with Crippen molar-refractivity contribution in [3.63, 3.8) is 0 Å². The van der Waals surface area contributed by atoms with Crippen LogP contribution in [0.15, 0.2) is 66.7 Å². The number of β-amino-alcohol motifs (C(OH)–C–C–N with tert-alkyl or cyclic N) is 1. The average Bonchev–Trinajstić information content (AvgIpc) is 3.87. The number of benzene rings is 2. The third-order valence-corrected chi connectivity index (χ3v) is 15.0. The molecule has 7 rings (SSSR count). The summed E-state index contributed by atoms with van der Waals surface area (Å²) in [5.74, 6) is -3.23. The minimum Gasteiger partial charge on any atom is -0.508 e. The number of phenols is 1. The third kappa shape index (κ3) is 10.1. The van der Waals surface area contributed by atoms with Gasteiger partial charge in [0, 0.05) is 80.1 Å². The van der Waals surface area contributed by atoms with Crippen molar-refractivity contribution in [3.8, 4) is 28.1 Å². The summed E-state index contributed by atoms with van der Waals surface area (Å²) in [6, 6.07) is 11.8. The summed E-state index contributed by atoms with van der Waals surface area (Å²) < 4.78 is 40.2. The van der Waals surface area contributed by atoms with Gasteiger partial charge in [0.05, 0.1) is 30.6 Å². The number of hydrogen-bond acceptors (Lipinski definition) is 12. The zero-order valence-corrected chi connectivity index (χ0v) is 41.1. The molecule has 17 nitrogen and oxygen atoms in total. The molecular weight excluding hydrogens is 891 g/mol. The van der Waals surface area contributed by atoms with E-state index in [1.165, 1.54) is 18.1 Å². The molecule has 4 N–H and O–H groups in total. The summed E-state index contributed by atoms with van der Waals surface area (Å²) >= 11 is 0. The van der Waals surface area contributed by atoms with E-state index in [9.17, 15) is 37.8 Å². The van der Waals surface area contributed by atoms with Crippen molar-refractivity contribution in [3.05, 3.63) is 83.5 Å². The maximum atomic E-state index is 14.7. The molecule has 2 saturated heterocycles. The van der Waals surface area contributed by atoms with Crippen LogP contribution < -0.4 is 10.7 Å². The molecule has 3 aliphatic rings. The van der Waals surface area contributed by atoms with E-state index in [1.54, 1.807) is 33.2 Å². The fourth-order valence-electron chi connectivity index (χ4n) is 9.96. The fraction of sp³-hybridized carbons (Fsp3) is 0.500. The van der Waals surface area contributed by atoms with Gasteiger partial charge in [0.2, 0.25) is 15.9 Å². The summed E-state index contributed by atoms with van der Waals surface area (Å²) in [5.41, 5.74) is 7.04. The van der Waals surface area contributed by atoms with Crippen LogP contribution in [0.25, 0.3) is 33.3 Å². The molecule has 68 heavy (non-hydrogen) atoms. The van der Waals surface area contributed by atoms with Crippen molar-refractivity contribution in [1.82, 2.24) is 34.5 Å². The number of nitrogens with zero attached hydrogens (tertiary/aromatic N) is 5. The second-order valence-electron chi connectivity index (χ2n) is 19.5. The van der Waals surface area contributed by atoms with Gasteiger partial charge < -0.3 is 34.5 Å². The number of fused-ring (bicyclic) bond motifs is 6. The molecule has 0 aliphatic carbocycles. The van der Waals surface area contributed by atoms with Crippen molar-refractivity contribution >= 4 is 44.6 Å². The van der Waals surface area contributed by atoms with Gasteiger partial charge in [-0.05, 0) is 97.7 Å². The molecule has 4 aromatic rings. The standard InChI is InChI=1S/C50H65N7O10S/c1-10-56-41-17-16-33-26-37(41)38(44(56)36-14-12-19-51-42(36)31(5)66-9)27-49(6,7)29-67-47(61)39-15-13-20-57(53-39)46(60)40(24-32-22-34(33)25-35(58)23-32)52-45(59)43(30(3)4)54(8)48(62)50(63)18-21-55(28-50)68(64,65)11-2/h11-12,14,16-17,19,22-23,25-26,30-31,39-40,43,53,58,63H,2,10,13,15,18,20-21,24,27-29H2,1,3-9H3,(H,52,59)/t31-,39-,40-,43-,50+/m0/s1. The smallest absolute Gasteiger partial charge is 0.324 e. The molecule has 5 heterocycles. The van der Waals surface area contributed by atoms with Crippen LogP contribution in [0.1, 0.15) is 83.7 Å². The number of aliphatic hydroxyl groups is 1. The van der Waals surface area contributed by atoms with E-state index in [0.717, 1.165) is 53.6 Å². The SMILES string of the molecule is C=CS(=O)(=O)N1CC[C@](O)(C(=O)N(C)[C@H](C(=O)N[C@H]2Cc3cc(O)cc(c3)-c3ccc4c(c3)c(c(-c3cccnc3[C@H](C)OC)n4CC)CC(C)(C)COC(=O)[C@@H]3CCCN(N3)C2=O)C(C)C)C1. The molecule has 0 saturated carbocycles. The average molecular weight is 956 g/mol. The van der Waals surface area contributed by atoms with Gasteiger partial charge in [-0.2, -0.15) is 4.31 Å². The minimum atomic E-state index is -3.93. The van der Waals surface area contributed by atoms with E-state index in [-0.39, 0.29) is 44.4 Å². The first-order valence-corrected chi connectivity index (χ1v) is 24.8. The summed E-state index contributed by atoms with van der Waals surface area (Å²) in [6.07, 6.45) is 2.52. The number of aromatic nitrogens is 2. The van der Waals surface area contributed by atoms with E-state index < -0.39 is 75.3 Å². The zero-order valence-electron chi connectivity index (χ0n) is 40.2. The normalized spacial score (nSPS) is 22.4. The van der Waals surface area contributed by atoms with Crippen LogP contribution in [0, 0.1) is 11.3 Å². The number of phenolic OH excluding ortho intramolecular Hbond substituents is 1. The van der Waals surface area contributed by atoms with Gasteiger partial charge in [-0.3, -0.25) is 29.2 Å². The largest absolute Gasteiger partial charge is 0.508 e. The molecule has 5 atom stereocenters. The number of methoxy groups -OCH3 is 1. The van der Waals surface area contributed by atoms with Gasteiger partial charge in [0.25, 0.3) is 11.8 Å². The number of hydrazine groups is 1.